The summed E-state index contributed by atoms with van der Waals surface area (Å²) in [7, 11) is 0. The van der Waals surface area contributed by atoms with E-state index in [1.807, 2.05) is 0 Å². The number of rotatable bonds is 6. The van der Waals surface area contributed by atoms with Crippen molar-refractivity contribution in [1.82, 2.24) is 5.32 Å². The van der Waals surface area contributed by atoms with Crippen LogP contribution in [-0.4, -0.2) is 35.2 Å². The van der Waals surface area contributed by atoms with E-state index >= 15 is 0 Å². The first-order valence-corrected chi connectivity index (χ1v) is 9.06. The number of aliphatic hydroxyl groups excluding tert-OH is 1. The Bertz CT molecular complexity index is 489. The molecular weight excluding hydrogens is 294 g/mol. The smallest absolute Gasteiger partial charge is 0.223 e. The Morgan fingerprint density at radius 2 is 1.96 bits per heavy atom. The number of hydrogen-bond acceptors (Lipinski definition) is 4. The Kier molecular flexibility index (Phi) is 5.14. The third-order valence-corrected chi connectivity index (χ3v) is 6.23. The molecule has 0 bridgehead atoms. The van der Waals surface area contributed by atoms with Gasteiger partial charge in [-0.05, 0) is 50.4 Å². The van der Waals surface area contributed by atoms with Crippen LogP contribution in [0.5, 0.6) is 0 Å². The number of nitrogens with one attached hydrogen (secondary N) is 1. The maximum Gasteiger partial charge on any atom is 0.223 e. The van der Waals surface area contributed by atoms with E-state index in [9.17, 15) is 19.5 Å². The van der Waals surface area contributed by atoms with Gasteiger partial charge in [0.1, 0.15) is 12.4 Å². The minimum atomic E-state index is -0.708. The molecule has 128 valence electrons. The van der Waals surface area contributed by atoms with Gasteiger partial charge in [-0.25, -0.2) is 0 Å². The van der Waals surface area contributed by atoms with Crippen molar-refractivity contribution in [2.75, 3.05) is 6.61 Å². The third-order valence-electron chi connectivity index (χ3n) is 6.23. The fourth-order valence-electron chi connectivity index (χ4n) is 4.97. The van der Waals surface area contributed by atoms with Gasteiger partial charge < -0.3 is 10.4 Å². The third kappa shape index (κ3) is 3.49. The van der Waals surface area contributed by atoms with E-state index in [4.69, 9.17) is 0 Å². The first kappa shape index (κ1) is 16.6. The summed E-state index contributed by atoms with van der Waals surface area (Å²) in [4.78, 5) is 36.5. The monoisotopic (exact) mass is 321 g/mol. The molecule has 0 radical (unpaired) electrons. The van der Waals surface area contributed by atoms with Crippen LogP contribution in [0, 0.1) is 23.7 Å². The van der Waals surface area contributed by atoms with Crippen LogP contribution in [0.25, 0.3) is 0 Å². The summed E-state index contributed by atoms with van der Waals surface area (Å²) in [6.07, 6.45) is 8.14. The van der Waals surface area contributed by atoms with Gasteiger partial charge in [-0.3, -0.25) is 14.4 Å². The van der Waals surface area contributed by atoms with Crippen LogP contribution in [0.4, 0.5) is 0 Å². The van der Waals surface area contributed by atoms with Gasteiger partial charge in [-0.2, -0.15) is 0 Å². The minimum Gasteiger partial charge on any atom is -0.389 e. The second-order valence-corrected chi connectivity index (χ2v) is 7.52. The lowest BCUT2D eigenvalue weighted by atomic mass is 9.90. The molecular formula is C18H27NO4. The lowest BCUT2D eigenvalue weighted by Gasteiger charge is -2.24. The van der Waals surface area contributed by atoms with E-state index in [1.165, 1.54) is 12.8 Å². The van der Waals surface area contributed by atoms with E-state index in [2.05, 4.69) is 5.32 Å². The lowest BCUT2D eigenvalue weighted by Crippen LogP contribution is -2.46. The van der Waals surface area contributed by atoms with E-state index < -0.39 is 12.6 Å². The SMILES string of the molecule is O=C1CCC[C@H]1C[C@H](NC(=O)[C@H]1CC[C@@H]2CCC[C@@H]21)C(=O)CO. The molecule has 5 heteroatoms. The van der Waals surface area contributed by atoms with Crippen LogP contribution >= 0.6 is 0 Å². The zero-order chi connectivity index (χ0) is 16.4. The molecule has 3 aliphatic carbocycles. The van der Waals surface area contributed by atoms with Gasteiger partial charge in [0.15, 0.2) is 5.78 Å². The normalized spacial score (nSPS) is 34.4. The van der Waals surface area contributed by atoms with Gasteiger partial charge in [0, 0.05) is 18.3 Å². The summed E-state index contributed by atoms with van der Waals surface area (Å²) < 4.78 is 0. The number of carbonyl (C=O) groups is 3. The number of fused-ring (bicyclic) bond motifs is 1. The molecule has 0 aliphatic heterocycles. The van der Waals surface area contributed by atoms with Gasteiger partial charge >= 0.3 is 0 Å². The molecule has 2 N–H and O–H groups in total. The quantitative estimate of drug-likeness (QED) is 0.778. The van der Waals surface area contributed by atoms with Gasteiger partial charge in [-0.15, -0.1) is 0 Å². The molecule has 0 spiro atoms. The highest BCUT2D eigenvalue weighted by Crippen LogP contribution is 2.47. The van der Waals surface area contributed by atoms with Gasteiger partial charge in [0.25, 0.3) is 0 Å². The second-order valence-electron chi connectivity index (χ2n) is 7.52. The van der Waals surface area contributed by atoms with Gasteiger partial charge in [0.2, 0.25) is 5.91 Å². The molecule has 5 nitrogen and oxygen atoms in total. The summed E-state index contributed by atoms with van der Waals surface area (Å²) in [5.74, 6) is 0.777. The van der Waals surface area contributed by atoms with Crippen LogP contribution in [0.3, 0.4) is 0 Å². The summed E-state index contributed by atoms with van der Waals surface area (Å²) >= 11 is 0. The van der Waals surface area contributed by atoms with Crippen molar-refractivity contribution in [2.24, 2.45) is 23.7 Å². The molecule has 0 aromatic heterocycles. The van der Waals surface area contributed by atoms with Crippen LogP contribution in [0.1, 0.15) is 57.8 Å². The highest BCUT2D eigenvalue weighted by molar-refractivity contribution is 5.91. The van der Waals surface area contributed by atoms with Crippen molar-refractivity contribution in [3.05, 3.63) is 0 Å². The number of Topliss-reactive ketones (excluding diaryl/α,β-unsaturated/α-hetero) is 2. The lowest BCUT2D eigenvalue weighted by molar-refractivity contribution is -0.133. The van der Waals surface area contributed by atoms with Crippen molar-refractivity contribution in [3.63, 3.8) is 0 Å². The van der Waals surface area contributed by atoms with E-state index in [0.717, 1.165) is 32.1 Å². The first-order valence-electron chi connectivity index (χ1n) is 9.06. The molecule has 0 aromatic carbocycles. The van der Waals surface area contributed by atoms with Gasteiger partial charge in [0.05, 0.1) is 6.04 Å². The van der Waals surface area contributed by atoms with Crippen LogP contribution < -0.4 is 5.32 Å². The molecule has 3 fully saturated rings. The predicted octanol–water partition coefficient (Wildman–Crippen LogP) is 1.62. The topological polar surface area (TPSA) is 83.5 Å². The molecule has 5 atom stereocenters. The molecule has 1 amide bonds. The largest absolute Gasteiger partial charge is 0.389 e. The molecule has 3 saturated carbocycles. The molecule has 3 aliphatic rings. The number of carbonyl (C=O) groups excluding carboxylic acids is 3. The molecule has 0 heterocycles. The van der Waals surface area contributed by atoms with Crippen molar-refractivity contribution in [1.29, 1.82) is 0 Å². The molecule has 0 aromatic rings. The number of aliphatic hydroxyl groups is 1. The fraction of sp³-hybridized carbons (Fsp3) is 0.833. The zero-order valence-corrected chi connectivity index (χ0v) is 13.6. The van der Waals surface area contributed by atoms with Crippen molar-refractivity contribution in [2.45, 2.75) is 63.8 Å². The first-order chi connectivity index (χ1) is 11.1. The van der Waals surface area contributed by atoms with Crippen molar-refractivity contribution < 1.29 is 19.5 Å². The van der Waals surface area contributed by atoms with E-state index in [-0.39, 0.29) is 29.3 Å². The Morgan fingerprint density at radius 3 is 2.65 bits per heavy atom. The van der Waals surface area contributed by atoms with Gasteiger partial charge in [-0.1, -0.05) is 12.8 Å². The second kappa shape index (κ2) is 7.12. The summed E-state index contributed by atoms with van der Waals surface area (Å²) in [5, 5.41) is 12.1. The standard InChI is InChI=1S/C18H27NO4/c20-10-17(22)15(9-12-4-2-6-16(12)21)19-18(23)14-8-7-11-3-1-5-13(11)14/h11-15,20H,1-10H2,(H,19,23)/t11-,12-,13-,14-,15-/m0/s1. The van der Waals surface area contributed by atoms with Crippen LogP contribution in [-0.2, 0) is 14.4 Å². The van der Waals surface area contributed by atoms with Crippen molar-refractivity contribution >= 4 is 17.5 Å². The number of amides is 1. The molecule has 3 rings (SSSR count). The summed E-state index contributed by atoms with van der Waals surface area (Å²) in [6.45, 7) is -0.581. The van der Waals surface area contributed by atoms with Crippen LogP contribution in [0.2, 0.25) is 0 Å². The Labute approximate surface area is 137 Å². The van der Waals surface area contributed by atoms with E-state index in [1.54, 1.807) is 0 Å². The molecule has 0 saturated heterocycles. The Balaban J connectivity index is 1.62. The summed E-state index contributed by atoms with van der Waals surface area (Å²) in [6, 6.07) is -0.708. The van der Waals surface area contributed by atoms with Crippen molar-refractivity contribution in [3.8, 4) is 0 Å². The minimum absolute atomic E-state index is 0.00997. The zero-order valence-electron chi connectivity index (χ0n) is 13.6. The molecule has 23 heavy (non-hydrogen) atoms. The van der Waals surface area contributed by atoms with E-state index in [0.29, 0.717) is 24.7 Å². The Morgan fingerprint density at radius 1 is 1.13 bits per heavy atom. The Hall–Kier alpha value is -1.23. The predicted molar refractivity (Wildman–Crippen MR) is 84.5 cm³/mol. The van der Waals surface area contributed by atoms with Crippen LogP contribution in [0.15, 0.2) is 0 Å². The average Bonchev–Trinajstić information content (AvgIpc) is 3.23. The highest BCUT2D eigenvalue weighted by Gasteiger charge is 2.43. The summed E-state index contributed by atoms with van der Waals surface area (Å²) in [5.41, 5.74) is 0. The maximum absolute atomic E-state index is 12.6. The fourth-order valence-corrected chi connectivity index (χ4v) is 4.97. The number of hydrogen-bond donors (Lipinski definition) is 2. The highest BCUT2D eigenvalue weighted by atomic mass is 16.3. The number of ketones is 2. The average molecular weight is 321 g/mol. The maximum atomic E-state index is 12.6. The molecule has 0 unspecified atom stereocenters.